The van der Waals surface area contributed by atoms with Crippen LogP contribution in [0.1, 0.15) is 0 Å². The molecule has 0 amide bonds. The van der Waals surface area contributed by atoms with Gasteiger partial charge in [0.05, 0.1) is 22.8 Å². The van der Waals surface area contributed by atoms with Gasteiger partial charge in [-0.05, 0) is 102 Å². The molecule has 0 atom stereocenters. The highest BCUT2D eigenvalue weighted by molar-refractivity contribution is 6.25. The normalized spacial score (nSPS) is 11.5. The lowest BCUT2D eigenvalue weighted by atomic mass is 9.89. The van der Waals surface area contributed by atoms with Gasteiger partial charge >= 0.3 is 0 Å². The van der Waals surface area contributed by atoms with Crippen LogP contribution >= 0.6 is 0 Å². The quantitative estimate of drug-likeness (QED) is 0.189. The molecule has 0 saturated carbocycles. The van der Waals surface area contributed by atoms with Crippen LogP contribution in [-0.4, -0.2) is 15.0 Å². The molecule has 3 heterocycles. The van der Waals surface area contributed by atoms with Crippen molar-refractivity contribution in [3.8, 4) is 56.2 Å². The standard InChI is InChI=1S/C43H27N3/c1-2-11-35(33-26-40(38-12-3-5-24-44-38)46-41(27-33)39-13-4-6-25-45-39)34(10-1)28-14-16-29(17-15-28)36-22-20-32-19-18-30-8-7-9-31-21-23-37(36)43(32)42(30)31/h1-27H. The topological polar surface area (TPSA) is 38.7 Å². The maximum Gasteiger partial charge on any atom is 0.0900 e. The maximum absolute atomic E-state index is 4.98. The first kappa shape index (κ1) is 26.2. The highest BCUT2D eigenvalue weighted by Gasteiger charge is 2.15. The van der Waals surface area contributed by atoms with Gasteiger partial charge in [0.25, 0.3) is 0 Å². The van der Waals surface area contributed by atoms with E-state index in [-0.39, 0.29) is 0 Å². The third kappa shape index (κ3) is 4.41. The average molecular weight is 586 g/mol. The third-order valence-corrected chi connectivity index (χ3v) is 8.95. The SMILES string of the molecule is c1ccc(-c2cc(-c3ccccc3-c3ccc(-c4ccc5ccc6cccc7ccc4c5c67)cc3)cc(-c3ccccn3)n2)nc1. The molecule has 0 aliphatic heterocycles. The molecule has 0 spiro atoms. The summed E-state index contributed by atoms with van der Waals surface area (Å²) in [5.41, 5.74) is 10.3. The van der Waals surface area contributed by atoms with Crippen LogP contribution in [0.15, 0.2) is 164 Å². The lowest BCUT2D eigenvalue weighted by Crippen LogP contribution is -1.94. The predicted molar refractivity (Wildman–Crippen MR) is 191 cm³/mol. The fourth-order valence-corrected chi connectivity index (χ4v) is 6.78. The van der Waals surface area contributed by atoms with Gasteiger partial charge in [-0.3, -0.25) is 9.97 Å². The first-order chi connectivity index (χ1) is 22.8. The monoisotopic (exact) mass is 585 g/mol. The van der Waals surface area contributed by atoms with Gasteiger partial charge in [-0.25, -0.2) is 4.98 Å². The van der Waals surface area contributed by atoms with Gasteiger partial charge in [-0.15, -0.1) is 0 Å². The molecule has 3 heteroatoms. The molecule has 9 rings (SSSR count). The molecule has 3 aromatic heterocycles. The summed E-state index contributed by atoms with van der Waals surface area (Å²) in [5.74, 6) is 0. The number of nitrogens with zero attached hydrogens (tertiary/aromatic N) is 3. The molecule has 214 valence electrons. The second-order valence-corrected chi connectivity index (χ2v) is 11.6. The van der Waals surface area contributed by atoms with E-state index in [2.05, 4.69) is 125 Å². The van der Waals surface area contributed by atoms with E-state index in [4.69, 9.17) is 4.98 Å². The fraction of sp³-hybridized carbons (Fsp3) is 0. The van der Waals surface area contributed by atoms with Crippen molar-refractivity contribution >= 4 is 32.3 Å². The van der Waals surface area contributed by atoms with Crippen molar-refractivity contribution in [3.05, 3.63) is 164 Å². The fourth-order valence-electron chi connectivity index (χ4n) is 6.78. The Kier molecular flexibility index (Phi) is 6.14. The van der Waals surface area contributed by atoms with E-state index in [1.165, 1.54) is 43.4 Å². The summed E-state index contributed by atoms with van der Waals surface area (Å²) in [5, 5.41) is 7.82. The van der Waals surface area contributed by atoms with Gasteiger partial charge in [0.1, 0.15) is 0 Å². The highest BCUT2D eigenvalue weighted by Crippen LogP contribution is 2.40. The summed E-state index contributed by atoms with van der Waals surface area (Å²) in [6.45, 7) is 0. The minimum Gasteiger partial charge on any atom is -0.255 e. The molecule has 9 aromatic rings. The molecule has 6 aromatic carbocycles. The van der Waals surface area contributed by atoms with Crippen molar-refractivity contribution in [1.29, 1.82) is 0 Å². The lowest BCUT2D eigenvalue weighted by Gasteiger charge is -2.15. The maximum atomic E-state index is 4.98. The lowest BCUT2D eigenvalue weighted by molar-refractivity contribution is 1.22. The zero-order chi connectivity index (χ0) is 30.5. The van der Waals surface area contributed by atoms with Crippen molar-refractivity contribution in [2.24, 2.45) is 0 Å². The number of hydrogen-bond donors (Lipinski definition) is 0. The molecule has 0 aliphatic rings. The summed E-state index contributed by atoms with van der Waals surface area (Å²) >= 11 is 0. The van der Waals surface area contributed by atoms with E-state index in [0.29, 0.717) is 0 Å². The largest absolute Gasteiger partial charge is 0.255 e. The highest BCUT2D eigenvalue weighted by atomic mass is 14.8. The Bertz CT molecular complexity index is 2430. The van der Waals surface area contributed by atoms with Crippen LogP contribution in [0.3, 0.4) is 0 Å². The minimum atomic E-state index is 0.818. The summed E-state index contributed by atoms with van der Waals surface area (Å²) in [6.07, 6.45) is 3.61. The van der Waals surface area contributed by atoms with Gasteiger partial charge in [0.15, 0.2) is 0 Å². The van der Waals surface area contributed by atoms with E-state index >= 15 is 0 Å². The third-order valence-electron chi connectivity index (χ3n) is 8.95. The van der Waals surface area contributed by atoms with Crippen LogP contribution in [0.4, 0.5) is 0 Å². The van der Waals surface area contributed by atoms with Crippen molar-refractivity contribution in [2.75, 3.05) is 0 Å². The van der Waals surface area contributed by atoms with Crippen LogP contribution in [0, 0.1) is 0 Å². The Labute approximate surface area is 266 Å². The Morgan fingerprint density at radius 3 is 1.46 bits per heavy atom. The molecule has 0 radical (unpaired) electrons. The predicted octanol–water partition coefficient (Wildman–Crippen LogP) is 11.1. The Hall–Kier alpha value is -6.19. The molecule has 0 N–H and O–H groups in total. The van der Waals surface area contributed by atoms with E-state index in [9.17, 15) is 0 Å². The van der Waals surface area contributed by atoms with E-state index in [1.54, 1.807) is 12.4 Å². The van der Waals surface area contributed by atoms with E-state index < -0.39 is 0 Å². The zero-order valence-electron chi connectivity index (χ0n) is 24.9. The van der Waals surface area contributed by atoms with Crippen LogP contribution in [-0.2, 0) is 0 Å². The average Bonchev–Trinajstić information content (AvgIpc) is 3.14. The number of aromatic nitrogens is 3. The Morgan fingerprint density at radius 2 is 0.848 bits per heavy atom. The van der Waals surface area contributed by atoms with Crippen molar-refractivity contribution in [2.45, 2.75) is 0 Å². The summed E-state index contributed by atoms with van der Waals surface area (Å²) < 4.78 is 0. The van der Waals surface area contributed by atoms with Gasteiger partial charge < -0.3 is 0 Å². The second-order valence-electron chi connectivity index (χ2n) is 11.6. The number of rotatable bonds is 5. The van der Waals surface area contributed by atoms with Gasteiger partial charge in [0, 0.05) is 12.4 Å². The Morgan fingerprint density at radius 1 is 0.326 bits per heavy atom. The molecular formula is C43H27N3. The van der Waals surface area contributed by atoms with Crippen molar-refractivity contribution in [3.63, 3.8) is 0 Å². The molecular weight excluding hydrogens is 558 g/mol. The molecule has 0 bridgehead atoms. The number of hydrogen-bond acceptors (Lipinski definition) is 3. The van der Waals surface area contributed by atoms with Gasteiger partial charge in [-0.1, -0.05) is 115 Å². The molecule has 46 heavy (non-hydrogen) atoms. The second kappa shape index (κ2) is 10.8. The molecule has 3 nitrogen and oxygen atoms in total. The molecule has 0 unspecified atom stereocenters. The molecule has 0 fully saturated rings. The summed E-state index contributed by atoms with van der Waals surface area (Å²) in [6, 6.07) is 53.8. The number of pyridine rings is 3. The first-order valence-corrected chi connectivity index (χ1v) is 15.5. The van der Waals surface area contributed by atoms with Crippen molar-refractivity contribution in [1.82, 2.24) is 15.0 Å². The summed E-state index contributed by atoms with van der Waals surface area (Å²) in [4.78, 5) is 14.2. The van der Waals surface area contributed by atoms with Crippen molar-refractivity contribution < 1.29 is 0 Å². The van der Waals surface area contributed by atoms with Crippen LogP contribution in [0.2, 0.25) is 0 Å². The number of benzene rings is 6. The Balaban J connectivity index is 1.16. The van der Waals surface area contributed by atoms with Crippen LogP contribution < -0.4 is 0 Å². The minimum absolute atomic E-state index is 0.818. The first-order valence-electron chi connectivity index (χ1n) is 15.5. The molecule has 0 saturated heterocycles. The van der Waals surface area contributed by atoms with Gasteiger partial charge in [-0.2, -0.15) is 0 Å². The van der Waals surface area contributed by atoms with E-state index in [0.717, 1.165) is 45.0 Å². The van der Waals surface area contributed by atoms with E-state index in [1.807, 2.05) is 36.4 Å². The van der Waals surface area contributed by atoms with Crippen LogP contribution in [0.25, 0.3) is 88.5 Å². The van der Waals surface area contributed by atoms with Crippen LogP contribution in [0.5, 0.6) is 0 Å². The summed E-state index contributed by atoms with van der Waals surface area (Å²) in [7, 11) is 0. The van der Waals surface area contributed by atoms with Gasteiger partial charge in [0.2, 0.25) is 0 Å². The smallest absolute Gasteiger partial charge is 0.0900 e. The molecule has 0 aliphatic carbocycles. The zero-order valence-corrected chi connectivity index (χ0v) is 24.9.